The lowest BCUT2D eigenvalue weighted by molar-refractivity contribution is -0.385. The zero-order valence-corrected chi connectivity index (χ0v) is 17.2. The van der Waals surface area contributed by atoms with Crippen LogP contribution in [0.2, 0.25) is 0 Å². The van der Waals surface area contributed by atoms with E-state index in [1.54, 1.807) is 0 Å². The highest BCUT2D eigenvalue weighted by Gasteiger charge is 2.28. The standard InChI is InChI=1S/C21H25N3O6/c1-4-17(21(26)22-2)23(13-15-8-6-5-7-9-15)20(25)14-30-16-10-11-18(24(27)28)19(12-16)29-3/h5-12,17H,4,13-14H2,1-3H3,(H,22,26). The molecule has 2 aromatic rings. The molecule has 9 heteroatoms. The summed E-state index contributed by atoms with van der Waals surface area (Å²) in [6.45, 7) is 1.74. The fourth-order valence-corrected chi connectivity index (χ4v) is 2.99. The Morgan fingerprint density at radius 2 is 1.90 bits per heavy atom. The van der Waals surface area contributed by atoms with Gasteiger partial charge >= 0.3 is 5.69 Å². The van der Waals surface area contributed by atoms with Gasteiger partial charge in [-0.05, 0) is 18.1 Å². The number of rotatable bonds is 10. The first-order valence-electron chi connectivity index (χ1n) is 9.41. The molecule has 1 N–H and O–H groups in total. The molecule has 0 aliphatic carbocycles. The predicted molar refractivity (Wildman–Crippen MR) is 110 cm³/mol. The molecular formula is C21H25N3O6. The Labute approximate surface area is 174 Å². The third-order valence-electron chi connectivity index (χ3n) is 4.54. The molecule has 0 saturated heterocycles. The van der Waals surface area contributed by atoms with Crippen molar-refractivity contribution in [1.82, 2.24) is 10.2 Å². The average Bonchev–Trinajstić information content (AvgIpc) is 2.77. The maximum absolute atomic E-state index is 13.0. The van der Waals surface area contributed by atoms with Crippen molar-refractivity contribution in [2.75, 3.05) is 20.8 Å². The van der Waals surface area contributed by atoms with Crippen LogP contribution >= 0.6 is 0 Å². The van der Waals surface area contributed by atoms with E-state index in [9.17, 15) is 19.7 Å². The van der Waals surface area contributed by atoms with Gasteiger partial charge in [0.1, 0.15) is 11.8 Å². The minimum Gasteiger partial charge on any atom is -0.490 e. The van der Waals surface area contributed by atoms with Crippen molar-refractivity contribution in [1.29, 1.82) is 0 Å². The van der Waals surface area contributed by atoms with E-state index in [0.717, 1.165) is 5.56 Å². The molecule has 2 rings (SSSR count). The first-order chi connectivity index (χ1) is 14.4. The summed E-state index contributed by atoms with van der Waals surface area (Å²) in [6, 6.07) is 12.7. The smallest absolute Gasteiger partial charge is 0.311 e. The van der Waals surface area contributed by atoms with Gasteiger partial charge in [0.25, 0.3) is 5.91 Å². The molecule has 1 unspecified atom stereocenters. The number of ether oxygens (including phenoxy) is 2. The molecule has 0 aliphatic heterocycles. The Morgan fingerprint density at radius 1 is 1.20 bits per heavy atom. The van der Waals surface area contributed by atoms with Crippen LogP contribution in [0.25, 0.3) is 0 Å². The van der Waals surface area contributed by atoms with Crippen LogP contribution < -0.4 is 14.8 Å². The number of nitro groups is 1. The third kappa shape index (κ3) is 5.69. The van der Waals surface area contributed by atoms with Gasteiger partial charge in [0, 0.05) is 25.7 Å². The number of carbonyl (C=O) groups is 2. The van der Waals surface area contributed by atoms with Gasteiger partial charge in [-0.2, -0.15) is 0 Å². The van der Waals surface area contributed by atoms with Crippen LogP contribution in [-0.2, 0) is 16.1 Å². The van der Waals surface area contributed by atoms with Crippen LogP contribution in [0.1, 0.15) is 18.9 Å². The van der Waals surface area contributed by atoms with Gasteiger partial charge < -0.3 is 19.7 Å². The fraction of sp³-hybridized carbons (Fsp3) is 0.333. The molecule has 0 fully saturated rings. The predicted octanol–water partition coefficient (Wildman–Crippen LogP) is 2.54. The number of methoxy groups -OCH3 is 1. The van der Waals surface area contributed by atoms with Crippen molar-refractivity contribution in [2.24, 2.45) is 0 Å². The number of benzene rings is 2. The first-order valence-corrected chi connectivity index (χ1v) is 9.41. The lowest BCUT2D eigenvalue weighted by Gasteiger charge is -2.30. The monoisotopic (exact) mass is 415 g/mol. The number of carbonyl (C=O) groups excluding carboxylic acids is 2. The lowest BCUT2D eigenvalue weighted by atomic mass is 10.1. The molecule has 2 aromatic carbocycles. The second kappa shape index (κ2) is 10.8. The van der Waals surface area contributed by atoms with Crippen LogP contribution in [0.4, 0.5) is 5.69 Å². The zero-order valence-electron chi connectivity index (χ0n) is 17.2. The van der Waals surface area contributed by atoms with Crippen LogP contribution in [0.15, 0.2) is 48.5 Å². The van der Waals surface area contributed by atoms with Gasteiger partial charge in [-0.15, -0.1) is 0 Å². The summed E-state index contributed by atoms with van der Waals surface area (Å²) < 4.78 is 10.6. The Balaban J connectivity index is 2.19. The van der Waals surface area contributed by atoms with Gasteiger partial charge in [-0.25, -0.2) is 0 Å². The van der Waals surface area contributed by atoms with Gasteiger partial charge in [-0.1, -0.05) is 37.3 Å². The number of nitro benzene ring substituents is 1. The number of likely N-dealkylation sites (N-methyl/N-ethyl adjacent to an activating group) is 1. The zero-order chi connectivity index (χ0) is 22.1. The summed E-state index contributed by atoms with van der Waals surface area (Å²) in [5, 5.41) is 13.6. The van der Waals surface area contributed by atoms with Crippen LogP contribution in [-0.4, -0.2) is 48.4 Å². The summed E-state index contributed by atoms with van der Waals surface area (Å²) >= 11 is 0. The summed E-state index contributed by atoms with van der Waals surface area (Å²) in [6.07, 6.45) is 0.434. The Bertz CT molecular complexity index is 888. The summed E-state index contributed by atoms with van der Waals surface area (Å²) in [4.78, 5) is 37.2. The third-order valence-corrected chi connectivity index (χ3v) is 4.54. The molecule has 2 amide bonds. The summed E-state index contributed by atoms with van der Waals surface area (Å²) in [5.74, 6) is -0.369. The lowest BCUT2D eigenvalue weighted by Crippen LogP contribution is -2.49. The molecule has 30 heavy (non-hydrogen) atoms. The second-order valence-corrected chi connectivity index (χ2v) is 6.42. The van der Waals surface area contributed by atoms with Crippen LogP contribution in [0, 0.1) is 10.1 Å². The molecule has 0 radical (unpaired) electrons. The Hall–Kier alpha value is -3.62. The fourth-order valence-electron chi connectivity index (χ4n) is 2.99. The highest BCUT2D eigenvalue weighted by Crippen LogP contribution is 2.30. The van der Waals surface area contributed by atoms with Gasteiger partial charge in [0.05, 0.1) is 12.0 Å². The largest absolute Gasteiger partial charge is 0.490 e. The van der Waals surface area contributed by atoms with Crippen LogP contribution in [0.3, 0.4) is 0 Å². The van der Waals surface area contributed by atoms with E-state index in [1.807, 2.05) is 37.3 Å². The average molecular weight is 415 g/mol. The number of hydrogen-bond acceptors (Lipinski definition) is 6. The SMILES string of the molecule is CCC(C(=O)NC)N(Cc1ccccc1)C(=O)COc1ccc([N+](=O)[O-])c(OC)c1. The molecule has 0 heterocycles. The number of nitrogens with zero attached hydrogens (tertiary/aromatic N) is 2. The van der Waals surface area contributed by atoms with Gasteiger partial charge in [0.2, 0.25) is 11.7 Å². The Kier molecular flexibility index (Phi) is 8.16. The van der Waals surface area contributed by atoms with Crippen molar-refractivity contribution >= 4 is 17.5 Å². The number of nitrogens with one attached hydrogen (secondary N) is 1. The molecule has 1 atom stereocenters. The number of amides is 2. The van der Waals surface area contributed by atoms with Gasteiger partial charge in [-0.3, -0.25) is 19.7 Å². The minimum atomic E-state index is -0.655. The molecule has 160 valence electrons. The van der Waals surface area contributed by atoms with Gasteiger partial charge in [0.15, 0.2) is 6.61 Å². The molecule has 9 nitrogen and oxygen atoms in total. The highest BCUT2D eigenvalue weighted by molar-refractivity contribution is 5.88. The molecule has 0 aromatic heterocycles. The highest BCUT2D eigenvalue weighted by atomic mass is 16.6. The number of hydrogen-bond donors (Lipinski definition) is 1. The molecule has 0 aliphatic rings. The van der Waals surface area contributed by atoms with E-state index < -0.39 is 11.0 Å². The Morgan fingerprint density at radius 3 is 2.47 bits per heavy atom. The van der Waals surface area contributed by atoms with E-state index in [1.165, 1.54) is 37.3 Å². The van der Waals surface area contributed by atoms with E-state index in [-0.39, 0.29) is 42.2 Å². The van der Waals surface area contributed by atoms with E-state index >= 15 is 0 Å². The van der Waals surface area contributed by atoms with Crippen molar-refractivity contribution in [3.8, 4) is 11.5 Å². The maximum atomic E-state index is 13.0. The summed E-state index contributed by atoms with van der Waals surface area (Å²) in [7, 11) is 2.84. The minimum absolute atomic E-state index is 0.0305. The molecule has 0 spiro atoms. The normalized spacial score (nSPS) is 11.3. The molecule has 0 saturated carbocycles. The van der Waals surface area contributed by atoms with Crippen molar-refractivity contribution in [3.05, 3.63) is 64.2 Å². The van der Waals surface area contributed by atoms with Crippen molar-refractivity contribution in [3.63, 3.8) is 0 Å². The quantitative estimate of drug-likeness (QED) is 0.472. The molecular weight excluding hydrogens is 390 g/mol. The summed E-state index contributed by atoms with van der Waals surface area (Å²) in [5.41, 5.74) is 0.678. The van der Waals surface area contributed by atoms with Crippen molar-refractivity contribution in [2.45, 2.75) is 25.9 Å². The topological polar surface area (TPSA) is 111 Å². The van der Waals surface area contributed by atoms with E-state index in [0.29, 0.717) is 6.42 Å². The van der Waals surface area contributed by atoms with E-state index in [2.05, 4.69) is 5.32 Å². The second-order valence-electron chi connectivity index (χ2n) is 6.42. The maximum Gasteiger partial charge on any atom is 0.311 e. The molecule has 0 bridgehead atoms. The first kappa shape index (κ1) is 22.7. The van der Waals surface area contributed by atoms with E-state index in [4.69, 9.17) is 9.47 Å². The van der Waals surface area contributed by atoms with Crippen molar-refractivity contribution < 1.29 is 24.0 Å². The van der Waals surface area contributed by atoms with Crippen LogP contribution in [0.5, 0.6) is 11.5 Å².